The molecule has 0 radical (unpaired) electrons. The molecule has 0 aromatic heterocycles. The molecule has 0 aliphatic carbocycles. The van der Waals surface area contributed by atoms with Gasteiger partial charge in [-0.1, -0.05) is 18.2 Å². The minimum atomic E-state index is 0.801. The zero-order valence-corrected chi connectivity index (χ0v) is 5.71. The molecule has 1 nitrogen and oxygen atoms in total. The predicted molar refractivity (Wildman–Crippen MR) is 39.3 cm³/mol. The molecule has 0 amide bonds. The molecule has 0 bridgehead atoms. The van der Waals surface area contributed by atoms with Crippen molar-refractivity contribution in [3.8, 4) is 0 Å². The lowest BCUT2D eigenvalue weighted by atomic mass is 10.3. The Kier molecular flexibility index (Phi) is 6.47. The van der Waals surface area contributed by atoms with E-state index in [2.05, 4.69) is 6.08 Å². The summed E-state index contributed by atoms with van der Waals surface area (Å²) in [5.41, 5.74) is 0. The predicted octanol–water partition coefficient (Wildman–Crippen LogP) is 2.10. The second-order valence-electron chi connectivity index (χ2n) is 1.71. The Labute approximate surface area is 56.1 Å². The molecule has 0 rings (SSSR count). The first-order valence-corrected chi connectivity index (χ1v) is 3.13. The van der Waals surface area contributed by atoms with Crippen molar-refractivity contribution in [3.63, 3.8) is 0 Å². The Morgan fingerprint density at radius 2 is 1.89 bits per heavy atom. The topological polar surface area (TPSA) is 17.1 Å². The fraction of sp³-hybridized carbons (Fsp3) is 0.375. The average molecular weight is 124 g/mol. The van der Waals surface area contributed by atoms with Gasteiger partial charge >= 0.3 is 0 Å². The number of hydrogen-bond acceptors (Lipinski definition) is 1. The lowest BCUT2D eigenvalue weighted by molar-refractivity contribution is -0.104. The Morgan fingerprint density at radius 3 is 2.44 bits per heavy atom. The number of allylic oxidation sites excluding steroid dienone is 4. The molecule has 0 aromatic rings. The maximum absolute atomic E-state index is 9.73. The van der Waals surface area contributed by atoms with Crippen LogP contribution in [-0.4, -0.2) is 6.29 Å². The van der Waals surface area contributed by atoms with Gasteiger partial charge in [0.15, 0.2) is 0 Å². The van der Waals surface area contributed by atoms with Crippen LogP contribution in [0.15, 0.2) is 24.3 Å². The summed E-state index contributed by atoms with van der Waals surface area (Å²) in [5.74, 6) is 0. The number of carbonyl (C=O) groups excluding carboxylic acids is 1. The summed E-state index contributed by atoms with van der Waals surface area (Å²) in [5, 5.41) is 0. The molecule has 0 heterocycles. The van der Waals surface area contributed by atoms with Crippen molar-refractivity contribution in [3.05, 3.63) is 24.3 Å². The summed E-state index contributed by atoms with van der Waals surface area (Å²) in [4.78, 5) is 9.73. The smallest absolute Gasteiger partial charge is 0.142 e. The van der Waals surface area contributed by atoms with E-state index in [0.29, 0.717) is 0 Å². The van der Waals surface area contributed by atoms with Crippen molar-refractivity contribution >= 4 is 6.29 Å². The van der Waals surface area contributed by atoms with E-state index in [1.54, 1.807) is 0 Å². The minimum absolute atomic E-state index is 0.801. The molecule has 50 valence electrons. The van der Waals surface area contributed by atoms with Crippen LogP contribution in [0.25, 0.3) is 0 Å². The zero-order valence-electron chi connectivity index (χ0n) is 5.71. The van der Waals surface area contributed by atoms with Gasteiger partial charge in [0.25, 0.3) is 0 Å². The number of aldehydes is 1. The van der Waals surface area contributed by atoms with Gasteiger partial charge in [-0.15, -0.1) is 0 Å². The molecule has 9 heavy (non-hydrogen) atoms. The van der Waals surface area contributed by atoms with Crippen LogP contribution in [0, 0.1) is 0 Å². The molecular weight excluding hydrogens is 112 g/mol. The first-order chi connectivity index (χ1) is 4.41. The maximum atomic E-state index is 9.73. The normalized spacial score (nSPS) is 11.2. The quantitative estimate of drug-likeness (QED) is 0.243. The van der Waals surface area contributed by atoms with Crippen LogP contribution in [0.2, 0.25) is 0 Å². The summed E-state index contributed by atoms with van der Waals surface area (Å²) in [6.07, 6.45) is 10.3. The van der Waals surface area contributed by atoms with Crippen molar-refractivity contribution < 1.29 is 4.79 Å². The monoisotopic (exact) mass is 124 g/mol. The summed E-state index contributed by atoms with van der Waals surface area (Å²) < 4.78 is 0. The molecule has 0 fully saturated rings. The lowest BCUT2D eigenvalue weighted by Crippen LogP contribution is -1.64. The van der Waals surface area contributed by atoms with E-state index in [9.17, 15) is 4.79 Å². The number of carbonyl (C=O) groups is 1. The minimum Gasteiger partial charge on any atom is -0.299 e. The van der Waals surface area contributed by atoms with E-state index in [-0.39, 0.29) is 0 Å². The molecule has 0 spiro atoms. The van der Waals surface area contributed by atoms with Crippen molar-refractivity contribution in [1.29, 1.82) is 0 Å². The molecule has 0 aromatic carbocycles. The third-order valence-electron chi connectivity index (χ3n) is 0.950. The van der Waals surface area contributed by atoms with Gasteiger partial charge in [0.05, 0.1) is 0 Å². The molecule has 0 atom stereocenters. The molecule has 0 aliphatic rings. The van der Waals surface area contributed by atoms with Crippen molar-refractivity contribution in [2.75, 3.05) is 0 Å². The van der Waals surface area contributed by atoms with Crippen LogP contribution >= 0.6 is 0 Å². The van der Waals surface area contributed by atoms with E-state index in [0.717, 1.165) is 19.1 Å². The van der Waals surface area contributed by atoms with E-state index in [1.807, 2.05) is 19.1 Å². The molecule has 0 unspecified atom stereocenters. The Balaban J connectivity index is 3.08. The Hall–Kier alpha value is -0.850. The second kappa shape index (κ2) is 7.15. The SMILES string of the molecule is CC=CCC/C=C\C=O. The van der Waals surface area contributed by atoms with Crippen LogP contribution in [0.1, 0.15) is 19.8 Å². The van der Waals surface area contributed by atoms with Crippen molar-refractivity contribution in [1.82, 2.24) is 0 Å². The van der Waals surface area contributed by atoms with Crippen LogP contribution in [0.4, 0.5) is 0 Å². The zero-order chi connectivity index (χ0) is 6.95. The fourth-order valence-electron chi connectivity index (χ4n) is 0.511. The van der Waals surface area contributed by atoms with Gasteiger partial charge in [0.2, 0.25) is 0 Å². The largest absolute Gasteiger partial charge is 0.299 e. The van der Waals surface area contributed by atoms with Gasteiger partial charge in [-0.3, -0.25) is 4.79 Å². The first kappa shape index (κ1) is 8.15. The maximum Gasteiger partial charge on any atom is 0.142 e. The third-order valence-corrected chi connectivity index (χ3v) is 0.950. The highest BCUT2D eigenvalue weighted by atomic mass is 16.1. The van der Waals surface area contributed by atoms with E-state index < -0.39 is 0 Å². The second-order valence-corrected chi connectivity index (χ2v) is 1.71. The number of rotatable bonds is 4. The summed E-state index contributed by atoms with van der Waals surface area (Å²) in [6.45, 7) is 1.99. The van der Waals surface area contributed by atoms with Gasteiger partial charge in [0.1, 0.15) is 6.29 Å². The fourth-order valence-corrected chi connectivity index (χ4v) is 0.511. The molecular formula is C8H12O. The highest BCUT2D eigenvalue weighted by molar-refractivity contribution is 5.64. The Morgan fingerprint density at radius 1 is 1.22 bits per heavy atom. The van der Waals surface area contributed by atoms with E-state index in [1.165, 1.54) is 6.08 Å². The number of hydrogen-bond donors (Lipinski definition) is 0. The molecule has 0 N–H and O–H groups in total. The van der Waals surface area contributed by atoms with E-state index >= 15 is 0 Å². The summed E-state index contributed by atoms with van der Waals surface area (Å²) >= 11 is 0. The summed E-state index contributed by atoms with van der Waals surface area (Å²) in [7, 11) is 0. The molecule has 1 heteroatoms. The molecule has 0 saturated heterocycles. The van der Waals surface area contributed by atoms with Gasteiger partial charge < -0.3 is 0 Å². The van der Waals surface area contributed by atoms with Crippen LogP contribution in [0.3, 0.4) is 0 Å². The van der Waals surface area contributed by atoms with Crippen LogP contribution in [-0.2, 0) is 4.79 Å². The van der Waals surface area contributed by atoms with Gasteiger partial charge in [0, 0.05) is 0 Å². The van der Waals surface area contributed by atoms with Gasteiger partial charge in [-0.25, -0.2) is 0 Å². The van der Waals surface area contributed by atoms with Gasteiger partial charge in [-0.2, -0.15) is 0 Å². The molecule has 0 saturated carbocycles. The third kappa shape index (κ3) is 7.15. The molecule has 0 aliphatic heterocycles. The average Bonchev–Trinajstić information content (AvgIpc) is 1.89. The summed E-state index contributed by atoms with van der Waals surface area (Å²) in [6, 6.07) is 0. The standard InChI is InChI=1S/C8H12O/c1-2-3-4-5-6-7-8-9/h2-3,6-8H,4-5H2,1H3/b3-2?,7-6-. The number of unbranched alkanes of at least 4 members (excludes halogenated alkanes) is 1. The van der Waals surface area contributed by atoms with Gasteiger partial charge in [-0.05, 0) is 25.8 Å². The van der Waals surface area contributed by atoms with Crippen molar-refractivity contribution in [2.24, 2.45) is 0 Å². The highest BCUT2D eigenvalue weighted by Crippen LogP contribution is 1.90. The van der Waals surface area contributed by atoms with Crippen LogP contribution in [0.5, 0.6) is 0 Å². The van der Waals surface area contributed by atoms with E-state index in [4.69, 9.17) is 0 Å². The highest BCUT2D eigenvalue weighted by Gasteiger charge is 1.72. The Bertz CT molecular complexity index is 112. The van der Waals surface area contributed by atoms with Crippen LogP contribution < -0.4 is 0 Å². The van der Waals surface area contributed by atoms with Crippen molar-refractivity contribution in [2.45, 2.75) is 19.8 Å². The first-order valence-electron chi connectivity index (χ1n) is 3.13. The lowest BCUT2D eigenvalue weighted by Gasteiger charge is -1.81.